The molecule has 0 bridgehead atoms. The predicted molar refractivity (Wildman–Crippen MR) is 139 cm³/mol. The highest BCUT2D eigenvalue weighted by Crippen LogP contribution is 2.40. The number of alkyl halides is 3. The number of benzene rings is 3. The standard InChI is InChI=1S/C27H26ClF3N2O4S/c1-17-9-11-20-22(15-26(2,3)37-24(20)13-17)32-25(34)16-33(38(35,36)19-7-5-4-6-8-19)23-14-18(27(29,30)31)10-12-21(23)28/h4-14,22H,15-16H2,1-3H3,(H,32,34). The van der Waals surface area contributed by atoms with E-state index in [1.165, 1.54) is 24.3 Å². The third-order valence-corrected chi connectivity index (χ3v) is 8.22. The van der Waals surface area contributed by atoms with Crippen LogP contribution in [0.2, 0.25) is 5.02 Å². The molecule has 0 spiro atoms. The van der Waals surface area contributed by atoms with Gasteiger partial charge in [0.15, 0.2) is 0 Å². The fraction of sp³-hybridized carbons (Fsp3) is 0.296. The SMILES string of the molecule is Cc1ccc2c(c1)OC(C)(C)CC2NC(=O)CN(c1cc(C(F)(F)F)ccc1Cl)S(=O)(=O)c1ccccc1. The van der Waals surface area contributed by atoms with E-state index in [-0.39, 0.29) is 9.92 Å². The van der Waals surface area contributed by atoms with E-state index in [2.05, 4.69) is 5.32 Å². The largest absolute Gasteiger partial charge is 0.487 e. The monoisotopic (exact) mass is 566 g/mol. The molecule has 1 heterocycles. The molecule has 3 aromatic rings. The summed E-state index contributed by atoms with van der Waals surface area (Å²) in [6.45, 7) is 4.85. The molecule has 0 aromatic heterocycles. The van der Waals surface area contributed by atoms with Crippen molar-refractivity contribution in [3.8, 4) is 5.75 Å². The van der Waals surface area contributed by atoms with E-state index >= 15 is 0 Å². The number of nitrogens with zero attached hydrogens (tertiary/aromatic N) is 1. The molecule has 1 N–H and O–H groups in total. The van der Waals surface area contributed by atoms with E-state index in [1.54, 1.807) is 6.07 Å². The van der Waals surface area contributed by atoms with Gasteiger partial charge in [0.05, 0.1) is 27.2 Å². The van der Waals surface area contributed by atoms with Gasteiger partial charge in [-0.15, -0.1) is 0 Å². The van der Waals surface area contributed by atoms with Crippen LogP contribution in [0.3, 0.4) is 0 Å². The zero-order valence-electron chi connectivity index (χ0n) is 20.8. The van der Waals surface area contributed by atoms with Crippen LogP contribution in [0.25, 0.3) is 0 Å². The van der Waals surface area contributed by atoms with Crippen molar-refractivity contribution in [3.05, 3.63) is 88.4 Å². The number of nitrogens with one attached hydrogen (secondary N) is 1. The van der Waals surface area contributed by atoms with Crippen molar-refractivity contribution in [2.24, 2.45) is 0 Å². The number of sulfonamides is 1. The lowest BCUT2D eigenvalue weighted by molar-refractivity contribution is -0.137. The number of carbonyl (C=O) groups excluding carboxylic acids is 1. The number of fused-ring (bicyclic) bond motifs is 1. The molecule has 0 radical (unpaired) electrons. The lowest BCUT2D eigenvalue weighted by atomic mass is 9.89. The van der Waals surface area contributed by atoms with Crippen molar-refractivity contribution < 1.29 is 31.1 Å². The van der Waals surface area contributed by atoms with Gasteiger partial charge in [0.2, 0.25) is 5.91 Å². The molecule has 1 amide bonds. The maximum absolute atomic E-state index is 13.6. The Kier molecular flexibility index (Phi) is 7.42. The normalized spacial score (nSPS) is 16.8. The first kappa shape index (κ1) is 27.8. The number of hydrogen-bond donors (Lipinski definition) is 1. The van der Waals surface area contributed by atoms with Crippen LogP contribution in [-0.4, -0.2) is 26.5 Å². The minimum atomic E-state index is -4.75. The summed E-state index contributed by atoms with van der Waals surface area (Å²) >= 11 is 6.21. The molecule has 38 heavy (non-hydrogen) atoms. The number of amides is 1. The number of carbonyl (C=O) groups is 1. The van der Waals surface area contributed by atoms with Gasteiger partial charge < -0.3 is 10.1 Å². The molecule has 0 saturated heterocycles. The molecule has 1 atom stereocenters. The number of anilines is 1. The fourth-order valence-electron chi connectivity index (χ4n) is 4.36. The summed E-state index contributed by atoms with van der Waals surface area (Å²) < 4.78 is 74.3. The molecule has 3 aromatic carbocycles. The molecule has 0 aliphatic carbocycles. The van der Waals surface area contributed by atoms with Crippen LogP contribution in [0.1, 0.15) is 43.0 Å². The Morgan fingerprint density at radius 2 is 1.79 bits per heavy atom. The second-order valence-electron chi connectivity index (χ2n) is 9.72. The van der Waals surface area contributed by atoms with Crippen molar-refractivity contribution in [3.63, 3.8) is 0 Å². The van der Waals surface area contributed by atoms with Crippen molar-refractivity contribution in [1.29, 1.82) is 0 Å². The van der Waals surface area contributed by atoms with Gasteiger partial charge in [-0.25, -0.2) is 8.42 Å². The Bertz CT molecular complexity index is 1460. The first-order valence-corrected chi connectivity index (χ1v) is 13.5. The molecule has 0 fully saturated rings. The molecule has 0 saturated carbocycles. The Labute approximate surface area is 224 Å². The third-order valence-electron chi connectivity index (χ3n) is 6.12. The van der Waals surface area contributed by atoms with E-state index in [0.29, 0.717) is 22.5 Å². The van der Waals surface area contributed by atoms with Gasteiger partial charge in [-0.1, -0.05) is 41.9 Å². The average molecular weight is 567 g/mol. The first-order valence-electron chi connectivity index (χ1n) is 11.7. The summed E-state index contributed by atoms with van der Waals surface area (Å²) in [4.78, 5) is 13.1. The second-order valence-corrected chi connectivity index (χ2v) is 12.0. The van der Waals surface area contributed by atoms with E-state index in [1.807, 2.05) is 39.0 Å². The van der Waals surface area contributed by atoms with Crippen LogP contribution < -0.4 is 14.4 Å². The number of ether oxygens (including phenoxy) is 1. The van der Waals surface area contributed by atoms with Gasteiger partial charge in [-0.2, -0.15) is 13.2 Å². The average Bonchev–Trinajstić information content (AvgIpc) is 2.82. The van der Waals surface area contributed by atoms with Gasteiger partial charge in [0.25, 0.3) is 10.0 Å². The molecule has 4 rings (SSSR count). The maximum atomic E-state index is 13.6. The molecule has 11 heteroatoms. The van der Waals surface area contributed by atoms with Crippen LogP contribution in [-0.2, 0) is 21.0 Å². The minimum absolute atomic E-state index is 0.200. The van der Waals surface area contributed by atoms with Crippen molar-refractivity contribution in [2.45, 2.75) is 49.9 Å². The van der Waals surface area contributed by atoms with Gasteiger partial charge in [-0.3, -0.25) is 9.10 Å². The molecular formula is C27H26ClF3N2O4S. The van der Waals surface area contributed by atoms with Gasteiger partial charge in [0, 0.05) is 12.0 Å². The first-order chi connectivity index (χ1) is 17.7. The van der Waals surface area contributed by atoms with Crippen molar-refractivity contribution in [2.75, 3.05) is 10.8 Å². The van der Waals surface area contributed by atoms with E-state index in [0.717, 1.165) is 23.3 Å². The van der Waals surface area contributed by atoms with Crippen LogP contribution in [0, 0.1) is 6.92 Å². The third kappa shape index (κ3) is 5.91. The number of rotatable bonds is 6. The Morgan fingerprint density at radius 3 is 2.45 bits per heavy atom. The van der Waals surface area contributed by atoms with Gasteiger partial charge in [0.1, 0.15) is 17.9 Å². The van der Waals surface area contributed by atoms with Gasteiger partial charge >= 0.3 is 6.18 Å². The van der Waals surface area contributed by atoms with Gasteiger partial charge in [-0.05, 0) is 62.7 Å². The molecule has 202 valence electrons. The second kappa shape index (κ2) is 10.1. The lowest BCUT2D eigenvalue weighted by Crippen LogP contribution is -2.45. The lowest BCUT2D eigenvalue weighted by Gasteiger charge is -2.38. The predicted octanol–water partition coefficient (Wildman–Crippen LogP) is 6.28. The van der Waals surface area contributed by atoms with Crippen molar-refractivity contribution in [1.82, 2.24) is 5.32 Å². The molecular weight excluding hydrogens is 541 g/mol. The smallest absolute Gasteiger partial charge is 0.416 e. The summed E-state index contributed by atoms with van der Waals surface area (Å²) in [6, 6.07) is 14.5. The van der Waals surface area contributed by atoms with E-state index < -0.39 is 51.5 Å². The Balaban J connectivity index is 1.72. The van der Waals surface area contributed by atoms with E-state index in [4.69, 9.17) is 16.3 Å². The highest BCUT2D eigenvalue weighted by atomic mass is 35.5. The summed E-state index contributed by atoms with van der Waals surface area (Å²) in [7, 11) is -4.47. The number of halogens is 4. The molecule has 1 aliphatic heterocycles. The highest BCUT2D eigenvalue weighted by Gasteiger charge is 2.37. The molecule has 1 unspecified atom stereocenters. The van der Waals surface area contributed by atoms with E-state index in [9.17, 15) is 26.4 Å². The van der Waals surface area contributed by atoms with Crippen LogP contribution in [0.4, 0.5) is 18.9 Å². The molecule has 6 nitrogen and oxygen atoms in total. The number of hydrogen-bond acceptors (Lipinski definition) is 4. The number of aryl methyl sites for hydroxylation is 1. The Hall–Kier alpha value is -3.24. The maximum Gasteiger partial charge on any atom is 0.416 e. The highest BCUT2D eigenvalue weighted by molar-refractivity contribution is 7.92. The Morgan fingerprint density at radius 1 is 1.11 bits per heavy atom. The summed E-state index contributed by atoms with van der Waals surface area (Å²) in [5.41, 5.74) is -0.493. The summed E-state index contributed by atoms with van der Waals surface area (Å²) in [5, 5.41) is 2.60. The molecule has 1 aliphatic rings. The zero-order chi connectivity index (χ0) is 27.9. The fourth-order valence-corrected chi connectivity index (χ4v) is 6.08. The van der Waals surface area contributed by atoms with Crippen molar-refractivity contribution >= 4 is 33.2 Å². The quantitative estimate of drug-likeness (QED) is 0.381. The topological polar surface area (TPSA) is 75.7 Å². The van der Waals surface area contributed by atoms with Crippen LogP contribution in [0.15, 0.2) is 71.6 Å². The summed E-state index contributed by atoms with van der Waals surface area (Å²) in [6.07, 6.45) is -4.36. The van der Waals surface area contributed by atoms with Crippen LogP contribution >= 0.6 is 11.6 Å². The van der Waals surface area contributed by atoms with Crippen LogP contribution in [0.5, 0.6) is 5.75 Å². The summed E-state index contributed by atoms with van der Waals surface area (Å²) in [5.74, 6) is -0.117. The minimum Gasteiger partial charge on any atom is -0.487 e. The zero-order valence-corrected chi connectivity index (χ0v) is 22.4.